The average molecular weight is 349 g/mol. The summed E-state index contributed by atoms with van der Waals surface area (Å²) in [7, 11) is -4.64. The van der Waals surface area contributed by atoms with E-state index < -0.39 is 57.1 Å². The van der Waals surface area contributed by atoms with Crippen molar-refractivity contribution >= 4 is 13.8 Å². The Bertz CT molecular complexity index is 393. The Hall–Kier alpha value is -0.660. The highest BCUT2D eigenvalue weighted by atomic mass is 31.2. The predicted octanol–water partition coefficient (Wildman–Crippen LogP) is -3.69. The van der Waals surface area contributed by atoms with Crippen molar-refractivity contribution in [1.29, 1.82) is 0 Å². The van der Waals surface area contributed by atoms with Crippen molar-refractivity contribution in [2.75, 3.05) is 6.61 Å². The highest BCUT2D eigenvalue weighted by Gasteiger charge is 2.44. The van der Waals surface area contributed by atoms with Crippen LogP contribution >= 0.6 is 7.82 Å². The highest BCUT2D eigenvalue weighted by molar-refractivity contribution is 7.45. The van der Waals surface area contributed by atoms with Crippen molar-refractivity contribution in [2.24, 2.45) is 5.73 Å². The van der Waals surface area contributed by atoms with Crippen molar-refractivity contribution in [3.63, 3.8) is 0 Å². The van der Waals surface area contributed by atoms with Crippen LogP contribution in [0.1, 0.15) is 6.92 Å². The van der Waals surface area contributed by atoms with Crippen LogP contribution in [0.25, 0.3) is 0 Å². The number of carboxylic acid groups (broad SMARTS) is 1. The minimum atomic E-state index is -4.64. The molecule has 0 amide bonds. The minimum absolute atomic E-state index is 0.535. The number of carbonyl (C=O) groups is 1. The number of carboxylic acids is 1. The van der Waals surface area contributed by atoms with Gasteiger partial charge >= 0.3 is 13.8 Å². The van der Waals surface area contributed by atoms with E-state index in [9.17, 15) is 15.0 Å². The summed E-state index contributed by atoms with van der Waals surface area (Å²) >= 11 is 0. The molecule has 132 valence electrons. The standard InChI is InChI=1S/C9H17NO7.H3O4P/c1-3(8(13)14)16-7-5(10)9(15)17-4(2-11)6(7)12;1-5(2,3)4/h3-7,9,11-12,15H,2,10H2,1H3,(H,13,14);(H3,1,2,3,4)/t3-,4-,5-,6-,7-,9+;/m1./s1. The first-order chi connectivity index (χ1) is 9.88. The molecular formula is C9H20NO11P. The molecule has 0 bridgehead atoms. The number of phosphoric acid groups is 1. The molecule has 1 heterocycles. The third-order valence-electron chi connectivity index (χ3n) is 2.63. The maximum atomic E-state index is 10.6. The van der Waals surface area contributed by atoms with E-state index in [1.165, 1.54) is 6.92 Å². The Kier molecular flexibility index (Phi) is 8.57. The second kappa shape index (κ2) is 8.84. The summed E-state index contributed by atoms with van der Waals surface area (Å²) in [5, 5.41) is 36.8. The van der Waals surface area contributed by atoms with Gasteiger partial charge in [0.2, 0.25) is 0 Å². The van der Waals surface area contributed by atoms with Gasteiger partial charge in [-0.05, 0) is 6.92 Å². The van der Waals surface area contributed by atoms with Crippen molar-refractivity contribution in [1.82, 2.24) is 0 Å². The topological polar surface area (TPSA) is 220 Å². The molecule has 0 spiro atoms. The first kappa shape index (κ1) is 21.3. The van der Waals surface area contributed by atoms with Gasteiger partial charge in [-0.25, -0.2) is 9.36 Å². The lowest BCUT2D eigenvalue weighted by Crippen LogP contribution is -2.63. The normalized spacial score (nSPS) is 33.5. The van der Waals surface area contributed by atoms with Crippen LogP contribution < -0.4 is 5.73 Å². The van der Waals surface area contributed by atoms with E-state index in [-0.39, 0.29) is 0 Å². The third kappa shape index (κ3) is 7.56. The van der Waals surface area contributed by atoms with Crippen LogP contribution in [0.2, 0.25) is 0 Å². The number of hydrogen-bond donors (Lipinski definition) is 8. The van der Waals surface area contributed by atoms with E-state index in [1.807, 2.05) is 0 Å². The largest absolute Gasteiger partial charge is 0.479 e. The molecule has 0 aromatic carbocycles. The fourth-order valence-corrected chi connectivity index (χ4v) is 1.57. The van der Waals surface area contributed by atoms with Gasteiger partial charge in [0.25, 0.3) is 0 Å². The van der Waals surface area contributed by atoms with Gasteiger partial charge in [0.05, 0.1) is 12.6 Å². The van der Waals surface area contributed by atoms with Gasteiger partial charge < -0.3 is 50.3 Å². The van der Waals surface area contributed by atoms with E-state index in [1.54, 1.807) is 0 Å². The number of aliphatic hydroxyl groups excluding tert-OH is 3. The summed E-state index contributed by atoms with van der Waals surface area (Å²) < 4.78 is 18.8. The van der Waals surface area contributed by atoms with Crippen LogP contribution in [0.5, 0.6) is 0 Å². The monoisotopic (exact) mass is 349 g/mol. The smallest absolute Gasteiger partial charge is 0.466 e. The van der Waals surface area contributed by atoms with E-state index in [0.717, 1.165) is 0 Å². The summed E-state index contributed by atoms with van der Waals surface area (Å²) in [5.41, 5.74) is 5.54. The number of ether oxygens (including phenoxy) is 2. The molecule has 1 rings (SSSR count). The van der Waals surface area contributed by atoms with Gasteiger partial charge in [0.15, 0.2) is 12.4 Å². The van der Waals surface area contributed by atoms with Crippen LogP contribution in [0.3, 0.4) is 0 Å². The van der Waals surface area contributed by atoms with Gasteiger partial charge in [-0.3, -0.25) is 0 Å². The first-order valence-electron chi connectivity index (χ1n) is 5.93. The Labute approximate surface area is 124 Å². The summed E-state index contributed by atoms with van der Waals surface area (Å²) in [5.74, 6) is -1.22. The molecule has 6 atom stereocenters. The van der Waals surface area contributed by atoms with E-state index in [0.29, 0.717) is 0 Å². The van der Waals surface area contributed by atoms with Crippen molar-refractivity contribution in [3.05, 3.63) is 0 Å². The van der Waals surface area contributed by atoms with Crippen LogP contribution in [0, 0.1) is 0 Å². The molecule has 1 aliphatic heterocycles. The van der Waals surface area contributed by atoms with Crippen molar-refractivity contribution in [2.45, 2.75) is 43.7 Å². The number of aliphatic hydroxyl groups is 3. The third-order valence-corrected chi connectivity index (χ3v) is 2.63. The molecule has 9 N–H and O–H groups in total. The Morgan fingerprint density at radius 3 is 2.18 bits per heavy atom. The lowest BCUT2D eigenvalue weighted by molar-refractivity contribution is -0.262. The summed E-state index contributed by atoms with van der Waals surface area (Å²) in [6.07, 6.45) is -6.11. The lowest BCUT2D eigenvalue weighted by Gasteiger charge is -2.41. The predicted molar refractivity (Wildman–Crippen MR) is 68.2 cm³/mol. The van der Waals surface area contributed by atoms with Gasteiger partial charge in [0.1, 0.15) is 18.3 Å². The maximum absolute atomic E-state index is 10.6. The molecule has 13 heteroatoms. The zero-order valence-corrected chi connectivity index (χ0v) is 12.4. The molecule has 0 aromatic rings. The quantitative estimate of drug-likeness (QED) is 0.230. The molecule has 0 saturated carbocycles. The SMILES string of the molecule is C[C@@H](O[C@@H]1[C@@H](N)[C@@H](O)O[C@H](CO)[C@H]1O)C(=O)O.O=P(O)(O)O. The van der Waals surface area contributed by atoms with Crippen molar-refractivity contribution < 1.29 is 53.9 Å². The molecular weight excluding hydrogens is 329 g/mol. The summed E-state index contributed by atoms with van der Waals surface area (Å²) in [6.45, 7) is 0.740. The van der Waals surface area contributed by atoms with Crippen LogP contribution in [-0.4, -0.2) is 84.4 Å². The van der Waals surface area contributed by atoms with Gasteiger partial charge in [0, 0.05) is 0 Å². The van der Waals surface area contributed by atoms with Gasteiger partial charge in [-0.15, -0.1) is 0 Å². The lowest BCUT2D eigenvalue weighted by atomic mass is 9.97. The van der Waals surface area contributed by atoms with E-state index >= 15 is 0 Å². The minimum Gasteiger partial charge on any atom is -0.479 e. The summed E-state index contributed by atoms with van der Waals surface area (Å²) in [4.78, 5) is 32.2. The average Bonchev–Trinajstić information content (AvgIpc) is 2.36. The second-order valence-electron chi connectivity index (χ2n) is 4.41. The Morgan fingerprint density at radius 2 is 1.82 bits per heavy atom. The molecule has 22 heavy (non-hydrogen) atoms. The van der Waals surface area contributed by atoms with Crippen molar-refractivity contribution in [3.8, 4) is 0 Å². The van der Waals surface area contributed by atoms with Gasteiger partial charge in [-0.1, -0.05) is 0 Å². The Balaban J connectivity index is 0.000000763. The second-order valence-corrected chi connectivity index (χ2v) is 5.44. The summed E-state index contributed by atoms with van der Waals surface area (Å²) in [6, 6.07) is -1.09. The molecule has 0 radical (unpaired) electrons. The number of aliphatic carboxylic acids is 1. The molecule has 0 aliphatic carbocycles. The molecule has 1 aliphatic rings. The van der Waals surface area contributed by atoms with Crippen LogP contribution in [0.4, 0.5) is 0 Å². The molecule has 0 unspecified atom stereocenters. The number of rotatable bonds is 4. The maximum Gasteiger partial charge on any atom is 0.466 e. The molecule has 1 saturated heterocycles. The fraction of sp³-hybridized carbons (Fsp3) is 0.889. The van der Waals surface area contributed by atoms with E-state index in [4.69, 9.17) is 44.7 Å². The van der Waals surface area contributed by atoms with Gasteiger partial charge in [-0.2, -0.15) is 0 Å². The highest BCUT2D eigenvalue weighted by Crippen LogP contribution is 2.25. The Morgan fingerprint density at radius 1 is 1.36 bits per heavy atom. The zero-order valence-electron chi connectivity index (χ0n) is 11.5. The molecule has 1 fully saturated rings. The van der Waals surface area contributed by atoms with Crippen LogP contribution in [0.15, 0.2) is 0 Å². The van der Waals surface area contributed by atoms with E-state index in [2.05, 4.69) is 0 Å². The first-order valence-corrected chi connectivity index (χ1v) is 7.49. The molecule has 0 aromatic heterocycles. The van der Waals surface area contributed by atoms with Crippen LogP contribution in [-0.2, 0) is 18.8 Å². The molecule has 12 nitrogen and oxygen atoms in total. The number of nitrogens with two attached hydrogens (primary N) is 1. The zero-order chi connectivity index (χ0) is 17.7. The fourth-order valence-electron chi connectivity index (χ4n) is 1.57. The number of hydrogen-bond acceptors (Lipinski definition) is 8.